The lowest BCUT2D eigenvalue weighted by Crippen LogP contribution is -2.08. The highest BCUT2D eigenvalue weighted by Crippen LogP contribution is 2.14. The molecule has 0 bridgehead atoms. The van der Waals surface area contributed by atoms with Crippen LogP contribution < -0.4 is 4.90 Å². The molecule has 2 aromatic carbocycles. The molecule has 0 aliphatic rings. The van der Waals surface area contributed by atoms with Gasteiger partial charge in [-0.2, -0.15) is 0 Å². The van der Waals surface area contributed by atoms with Crippen molar-refractivity contribution in [3.05, 3.63) is 69.8 Å². The van der Waals surface area contributed by atoms with Gasteiger partial charge in [0.15, 0.2) is 0 Å². The van der Waals surface area contributed by atoms with Crippen molar-refractivity contribution in [2.75, 3.05) is 19.0 Å². The van der Waals surface area contributed by atoms with Crippen LogP contribution in [-0.2, 0) is 4.84 Å². The second-order valence-corrected chi connectivity index (χ2v) is 4.91. The number of anilines is 1. The molecule has 0 aliphatic carbocycles. The van der Waals surface area contributed by atoms with E-state index in [2.05, 4.69) is 5.16 Å². The van der Waals surface area contributed by atoms with Gasteiger partial charge >= 0.3 is 5.97 Å². The second-order valence-electron chi connectivity index (χ2n) is 4.91. The zero-order chi connectivity index (χ0) is 16.8. The maximum atomic E-state index is 11.8. The Bertz CT molecular complexity index is 739. The third-order valence-electron chi connectivity index (χ3n) is 3.04. The first-order chi connectivity index (χ1) is 11.0. The number of hydrogen-bond donors (Lipinski definition) is 0. The fourth-order valence-corrected chi connectivity index (χ4v) is 1.79. The number of hydrogen-bond acceptors (Lipinski definition) is 6. The number of nitro groups is 1. The highest BCUT2D eigenvalue weighted by atomic mass is 16.7. The van der Waals surface area contributed by atoms with Crippen LogP contribution in [0.1, 0.15) is 15.9 Å². The van der Waals surface area contributed by atoms with E-state index in [1.54, 1.807) is 0 Å². The van der Waals surface area contributed by atoms with Crippen molar-refractivity contribution in [1.82, 2.24) is 0 Å². The van der Waals surface area contributed by atoms with Crippen molar-refractivity contribution >= 4 is 23.6 Å². The highest BCUT2D eigenvalue weighted by molar-refractivity contribution is 5.90. The molecule has 7 nitrogen and oxygen atoms in total. The number of oxime groups is 1. The second kappa shape index (κ2) is 7.17. The molecule has 0 unspecified atom stereocenters. The Hall–Kier alpha value is -3.22. The zero-order valence-corrected chi connectivity index (χ0v) is 12.7. The summed E-state index contributed by atoms with van der Waals surface area (Å²) >= 11 is 0. The first-order valence-corrected chi connectivity index (χ1v) is 6.74. The number of benzene rings is 2. The summed E-state index contributed by atoms with van der Waals surface area (Å²) in [6.45, 7) is 0. The Morgan fingerprint density at radius 1 is 1.22 bits per heavy atom. The molecule has 0 atom stereocenters. The van der Waals surface area contributed by atoms with E-state index in [1.165, 1.54) is 24.4 Å². The van der Waals surface area contributed by atoms with Crippen LogP contribution in [0.3, 0.4) is 0 Å². The molecule has 2 rings (SSSR count). The van der Waals surface area contributed by atoms with Crippen LogP contribution in [0, 0.1) is 10.1 Å². The van der Waals surface area contributed by atoms with Gasteiger partial charge < -0.3 is 9.74 Å². The van der Waals surface area contributed by atoms with Crippen LogP contribution in [0.2, 0.25) is 0 Å². The predicted molar refractivity (Wildman–Crippen MR) is 86.9 cm³/mol. The maximum Gasteiger partial charge on any atom is 0.365 e. The van der Waals surface area contributed by atoms with E-state index in [9.17, 15) is 14.9 Å². The maximum absolute atomic E-state index is 11.8. The van der Waals surface area contributed by atoms with Crippen molar-refractivity contribution in [2.45, 2.75) is 0 Å². The van der Waals surface area contributed by atoms with Gasteiger partial charge in [-0.05, 0) is 23.8 Å². The quantitative estimate of drug-likeness (QED) is 0.367. The number of carbonyl (C=O) groups excluding carboxylic acids is 1. The van der Waals surface area contributed by atoms with Crippen molar-refractivity contribution < 1.29 is 14.6 Å². The molecular weight excluding hydrogens is 298 g/mol. The normalized spacial score (nSPS) is 10.5. The highest BCUT2D eigenvalue weighted by Gasteiger charge is 2.12. The number of nitro benzene ring substituents is 1. The summed E-state index contributed by atoms with van der Waals surface area (Å²) in [4.78, 5) is 28.6. The van der Waals surface area contributed by atoms with Crippen molar-refractivity contribution in [2.24, 2.45) is 5.16 Å². The van der Waals surface area contributed by atoms with E-state index in [0.717, 1.165) is 17.3 Å². The monoisotopic (exact) mass is 313 g/mol. The van der Waals surface area contributed by atoms with Crippen LogP contribution in [0.25, 0.3) is 0 Å². The van der Waals surface area contributed by atoms with Crippen molar-refractivity contribution in [3.8, 4) is 0 Å². The Kier molecular flexibility index (Phi) is 5.03. The summed E-state index contributed by atoms with van der Waals surface area (Å²) in [7, 11) is 3.87. The van der Waals surface area contributed by atoms with Crippen molar-refractivity contribution in [3.63, 3.8) is 0 Å². The van der Waals surface area contributed by atoms with Gasteiger partial charge in [-0.25, -0.2) is 4.79 Å². The minimum absolute atomic E-state index is 0.0688. The lowest BCUT2D eigenvalue weighted by molar-refractivity contribution is -0.384. The minimum atomic E-state index is -0.755. The van der Waals surface area contributed by atoms with Gasteiger partial charge in [0.2, 0.25) is 0 Å². The third kappa shape index (κ3) is 4.37. The Balaban J connectivity index is 2.01. The molecule has 7 heteroatoms. The first-order valence-electron chi connectivity index (χ1n) is 6.74. The summed E-state index contributed by atoms with van der Waals surface area (Å²) in [5, 5.41) is 14.3. The molecule has 23 heavy (non-hydrogen) atoms. The Labute approximate surface area is 132 Å². The largest absolute Gasteiger partial charge is 0.378 e. The fraction of sp³-hybridized carbons (Fsp3) is 0.125. The predicted octanol–water partition coefficient (Wildman–Crippen LogP) is 2.85. The average Bonchev–Trinajstić information content (AvgIpc) is 2.55. The van der Waals surface area contributed by atoms with E-state index >= 15 is 0 Å². The Morgan fingerprint density at radius 2 is 1.91 bits per heavy atom. The van der Waals surface area contributed by atoms with E-state index in [-0.39, 0.29) is 11.3 Å². The van der Waals surface area contributed by atoms with Gasteiger partial charge in [0.05, 0.1) is 16.7 Å². The van der Waals surface area contributed by atoms with Crippen LogP contribution in [0.4, 0.5) is 11.4 Å². The lowest BCUT2D eigenvalue weighted by atomic mass is 10.2. The van der Waals surface area contributed by atoms with Crippen LogP contribution in [0.15, 0.2) is 53.7 Å². The van der Waals surface area contributed by atoms with Gasteiger partial charge in [-0.15, -0.1) is 0 Å². The lowest BCUT2D eigenvalue weighted by Gasteiger charge is -2.11. The molecular formula is C16H15N3O4. The van der Waals surface area contributed by atoms with Crippen molar-refractivity contribution in [1.29, 1.82) is 0 Å². The van der Waals surface area contributed by atoms with Gasteiger partial charge in [0.25, 0.3) is 5.69 Å². The van der Waals surface area contributed by atoms with E-state index in [0.29, 0.717) is 0 Å². The summed E-state index contributed by atoms with van der Waals surface area (Å²) in [6.07, 6.45) is 1.40. The van der Waals surface area contributed by atoms with Gasteiger partial charge in [0, 0.05) is 31.9 Å². The van der Waals surface area contributed by atoms with Gasteiger partial charge in [-0.3, -0.25) is 10.1 Å². The molecule has 2 aromatic rings. The molecule has 0 fully saturated rings. The number of rotatable bonds is 5. The molecule has 0 heterocycles. The summed E-state index contributed by atoms with van der Waals surface area (Å²) < 4.78 is 0. The molecule has 118 valence electrons. The fourth-order valence-electron chi connectivity index (χ4n) is 1.79. The van der Waals surface area contributed by atoms with Crippen LogP contribution in [0.5, 0.6) is 0 Å². The molecule has 0 aliphatic heterocycles. The average molecular weight is 313 g/mol. The topological polar surface area (TPSA) is 85.0 Å². The Morgan fingerprint density at radius 3 is 2.52 bits per heavy atom. The zero-order valence-electron chi connectivity index (χ0n) is 12.7. The summed E-state index contributed by atoms with van der Waals surface area (Å²) in [5.41, 5.74) is 1.69. The van der Waals surface area contributed by atoms with Gasteiger partial charge in [-0.1, -0.05) is 23.4 Å². The standard InChI is InChI=1S/C16H15N3O4/c1-18(2)14-8-6-12(7-9-14)11-17-23-16(20)13-4-3-5-15(10-13)19(21)22/h3-11H,1-2H3/b17-11+. The molecule has 0 N–H and O–H groups in total. The molecule has 0 saturated heterocycles. The first kappa shape index (κ1) is 16.2. The van der Waals surface area contributed by atoms with E-state index in [4.69, 9.17) is 4.84 Å². The van der Waals surface area contributed by atoms with E-state index in [1.807, 2.05) is 43.3 Å². The number of carbonyl (C=O) groups is 1. The molecule has 0 aromatic heterocycles. The van der Waals surface area contributed by atoms with Gasteiger partial charge in [0.1, 0.15) is 0 Å². The smallest absolute Gasteiger partial charge is 0.365 e. The van der Waals surface area contributed by atoms with E-state index < -0.39 is 10.9 Å². The molecule has 0 radical (unpaired) electrons. The molecule has 0 amide bonds. The summed E-state index contributed by atoms with van der Waals surface area (Å²) in [5.74, 6) is -0.755. The molecule has 0 spiro atoms. The SMILES string of the molecule is CN(C)c1ccc(/C=N/OC(=O)c2cccc([N+](=O)[O-])c2)cc1. The number of nitrogens with zero attached hydrogens (tertiary/aromatic N) is 3. The van der Waals surface area contributed by atoms with Crippen LogP contribution in [-0.4, -0.2) is 31.2 Å². The summed E-state index contributed by atoms with van der Waals surface area (Å²) in [6, 6.07) is 12.8. The molecule has 0 saturated carbocycles. The van der Waals surface area contributed by atoms with Crippen LogP contribution >= 0.6 is 0 Å². The minimum Gasteiger partial charge on any atom is -0.378 e. The number of non-ortho nitro benzene ring substituents is 1. The third-order valence-corrected chi connectivity index (χ3v) is 3.04.